The van der Waals surface area contributed by atoms with Crippen molar-refractivity contribution < 1.29 is 23.9 Å². The summed E-state index contributed by atoms with van der Waals surface area (Å²) in [6.45, 7) is 2.31. The molecule has 3 rings (SSSR count). The van der Waals surface area contributed by atoms with E-state index in [4.69, 9.17) is 9.47 Å². The normalized spacial score (nSPS) is 13.4. The number of hydrogen-bond acceptors (Lipinski definition) is 5. The Morgan fingerprint density at radius 3 is 2.39 bits per heavy atom. The van der Waals surface area contributed by atoms with Gasteiger partial charge in [0.15, 0.2) is 0 Å². The Bertz CT molecular complexity index is 908. The predicted molar refractivity (Wildman–Crippen MR) is 117 cm³/mol. The van der Waals surface area contributed by atoms with Gasteiger partial charge in [-0.3, -0.25) is 14.4 Å². The first-order valence-corrected chi connectivity index (χ1v) is 10.3. The summed E-state index contributed by atoms with van der Waals surface area (Å²) < 4.78 is 10.4. The molecule has 0 saturated carbocycles. The third kappa shape index (κ3) is 6.55. The highest BCUT2D eigenvalue weighted by molar-refractivity contribution is 6.10. The van der Waals surface area contributed by atoms with Crippen LogP contribution in [-0.2, 0) is 14.3 Å². The molecule has 0 unspecified atom stereocenters. The van der Waals surface area contributed by atoms with Gasteiger partial charge in [-0.1, -0.05) is 12.1 Å². The second kappa shape index (κ2) is 11.1. The Morgan fingerprint density at radius 2 is 1.68 bits per heavy atom. The van der Waals surface area contributed by atoms with Gasteiger partial charge in [0, 0.05) is 31.6 Å². The van der Waals surface area contributed by atoms with Crippen LogP contribution in [0.25, 0.3) is 0 Å². The van der Waals surface area contributed by atoms with E-state index < -0.39 is 0 Å². The second-order valence-corrected chi connectivity index (χ2v) is 7.12. The van der Waals surface area contributed by atoms with E-state index in [0.717, 1.165) is 0 Å². The number of nitrogens with one attached hydrogen (secondary N) is 2. The van der Waals surface area contributed by atoms with Crippen LogP contribution >= 0.6 is 0 Å². The van der Waals surface area contributed by atoms with Crippen LogP contribution < -0.4 is 15.4 Å². The van der Waals surface area contributed by atoms with Crippen molar-refractivity contribution in [2.75, 3.05) is 44.0 Å². The number of anilines is 2. The van der Waals surface area contributed by atoms with Crippen LogP contribution in [0, 0.1) is 0 Å². The molecule has 8 nitrogen and oxygen atoms in total. The van der Waals surface area contributed by atoms with Crippen LogP contribution in [0.4, 0.5) is 11.4 Å². The number of ether oxygens (including phenoxy) is 2. The summed E-state index contributed by atoms with van der Waals surface area (Å²) in [5, 5.41) is 5.60. The van der Waals surface area contributed by atoms with Crippen molar-refractivity contribution in [2.45, 2.75) is 19.3 Å². The lowest BCUT2D eigenvalue weighted by Gasteiger charge is -2.26. The van der Waals surface area contributed by atoms with E-state index in [1.54, 1.807) is 60.5 Å². The molecule has 1 aliphatic rings. The molecule has 0 bridgehead atoms. The third-order valence-electron chi connectivity index (χ3n) is 4.95. The van der Waals surface area contributed by atoms with Crippen LogP contribution in [0.1, 0.15) is 29.6 Å². The fourth-order valence-electron chi connectivity index (χ4n) is 3.25. The molecule has 0 aromatic heterocycles. The standard InChI is InChI=1S/C23H27N3O5/c1-30-18-11-9-17(10-12-18)24-23(29)19-5-2-3-6-20(19)25-21(27)7-4-8-22(28)26-13-15-31-16-14-26/h2-3,5-6,9-12H,4,7-8,13-16H2,1H3,(H,24,29)(H,25,27). The summed E-state index contributed by atoms with van der Waals surface area (Å²) in [6, 6.07) is 13.8. The van der Waals surface area contributed by atoms with Crippen molar-refractivity contribution in [1.82, 2.24) is 4.90 Å². The molecule has 3 amide bonds. The Labute approximate surface area is 181 Å². The van der Waals surface area contributed by atoms with Crippen LogP contribution in [0.2, 0.25) is 0 Å². The fourth-order valence-corrected chi connectivity index (χ4v) is 3.25. The summed E-state index contributed by atoms with van der Waals surface area (Å²) >= 11 is 0. The molecule has 1 saturated heterocycles. The van der Waals surface area contributed by atoms with E-state index in [0.29, 0.717) is 61.8 Å². The second-order valence-electron chi connectivity index (χ2n) is 7.12. The molecule has 0 spiro atoms. The maximum absolute atomic E-state index is 12.7. The molecular weight excluding hydrogens is 398 g/mol. The number of hydrogen-bond donors (Lipinski definition) is 2. The highest BCUT2D eigenvalue weighted by atomic mass is 16.5. The highest BCUT2D eigenvalue weighted by Crippen LogP contribution is 2.20. The molecule has 31 heavy (non-hydrogen) atoms. The molecule has 0 radical (unpaired) electrons. The number of benzene rings is 2. The van der Waals surface area contributed by atoms with Crippen molar-refractivity contribution in [2.24, 2.45) is 0 Å². The van der Waals surface area contributed by atoms with Gasteiger partial charge in [-0.25, -0.2) is 0 Å². The van der Waals surface area contributed by atoms with Crippen molar-refractivity contribution >= 4 is 29.1 Å². The first kappa shape index (κ1) is 22.3. The molecule has 2 N–H and O–H groups in total. The topological polar surface area (TPSA) is 97.0 Å². The Balaban J connectivity index is 1.52. The van der Waals surface area contributed by atoms with Gasteiger partial charge in [-0.15, -0.1) is 0 Å². The lowest BCUT2D eigenvalue weighted by Crippen LogP contribution is -2.40. The molecular formula is C23H27N3O5. The summed E-state index contributed by atoms with van der Waals surface area (Å²) in [5.74, 6) is 0.163. The van der Waals surface area contributed by atoms with E-state index >= 15 is 0 Å². The van der Waals surface area contributed by atoms with Gasteiger partial charge in [0.1, 0.15) is 5.75 Å². The number of carbonyl (C=O) groups is 3. The highest BCUT2D eigenvalue weighted by Gasteiger charge is 2.17. The van der Waals surface area contributed by atoms with Gasteiger partial charge in [0.25, 0.3) is 5.91 Å². The van der Waals surface area contributed by atoms with Crippen molar-refractivity contribution in [1.29, 1.82) is 0 Å². The van der Waals surface area contributed by atoms with E-state index in [1.807, 2.05) is 0 Å². The van der Waals surface area contributed by atoms with Crippen LogP contribution in [0.5, 0.6) is 5.75 Å². The van der Waals surface area contributed by atoms with Crippen LogP contribution in [-0.4, -0.2) is 56.0 Å². The molecule has 164 valence electrons. The van der Waals surface area contributed by atoms with Crippen molar-refractivity contribution in [3.8, 4) is 5.75 Å². The van der Waals surface area contributed by atoms with E-state index in [9.17, 15) is 14.4 Å². The lowest BCUT2D eigenvalue weighted by atomic mass is 10.1. The van der Waals surface area contributed by atoms with Crippen LogP contribution in [0.15, 0.2) is 48.5 Å². The zero-order chi connectivity index (χ0) is 22.1. The number of methoxy groups -OCH3 is 1. The van der Waals surface area contributed by atoms with Gasteiger partial charge >= 0.3 is 0 Å². The largest absolute Gasteiger partial charge is 0.497 e. The quantitative estimate of drug-likeness (QED) is 0.678. The lowest BCUT2D eigenvalue weighted by molar-refractivity contribution is -0.135. The number of para-hydroxylation sites is 1. The molecule has 1 fully saturated rings. The van der Waals surface area contributed by atoms with Crippen LogP contribution in [0.3, 0.4) is 0 Å². The van der Waals surface area contributed by atoms with E-state index in [1.165, 1.54) is 0 Å². The van der Waals surface area contributed by atoms with Gasteiger partial charge < -0.3 is 25.0 Å². The smallest absolute Gasteiger partial charge is 0.257 e. The van der Waals surface area contributed by atoms with Gasteiger partial charge in [0.2, 0.25) is 11.8 Å². The zero-order valence-electron chi connectivity index (χ0n) is 17.6. The monoisotopic (exact) mass is 425 g/mol. The Hall–Kier alpha value is -3.39. The van der Waals surface area contributed by atoms with Crippen molar-refractivity contribution in [3.05, 3.63) is 54.1 Å². The molecule has 1 heterocycles. The average molecular weight is 425 g/mol. The van der Waals surface area contributed by atoms with Crippen molar-refractivity contribution in [3.63, 3.8) is 0 Å². The Kier molecular flexibility index (Phi) is 8.00. The van der Waals surface area contributed by atoms with E-state index in [2.05, 4.69) is 10.6 Å². The molecule has 2 aromatic carbocycles. The summed E-state index contributed by atoms with van der Waals surface area (Å²) in [7, 11) is 1.57. The zero-order valence-corrected chi connectivity index (χ0v) is 17.6. The van der Waals surface area contributed by atoms with Gasteiger partial charge in [-0.05, 0) is 42.8 Å². The van der Waals surface area contributed by atoms with Gasteiger partial charge in [0.05, 0.1) is 31.6 Å². The number of amides is 3. The molecule has 1 aliphatic heterocycles. The molecule has 2 aromatic rings. The average Bonchev–Trinajstić information content (AvgIpc) is 2.80. The number of nitrogens with zero attached hydrogens (tertiary/aromatic N) is 1. The summed E-state index contributed by atoms with van der Waals surface area (Å²) in [6.07, 6.45) is 0.958. The third-order valence-corrected chi connectivity index (χ3v) is 4.95. The summed E-state index contributed by atoms with van der Waals surface area (Å²) in [5.41, 5.74) is 1.41. The maximum Gasteiger partial charge on any atom is 0.257 e. The SMILES string of the molecule is COc1ccc(NC(=O)c2ccccc2NC(=O)CCCC(=O)N2CCOCC2)cc1. The minimum atomic E-state index is -0.330. The molecule has 0 aliphatic carbocycles. The number of carbonyl (C=O) groups excluding carboxylic acids is 3. The fraction of sp³-hybridized carbons (Fsp3) is 0.348. The number of rotatable bonds is 8. The predicted octanol–water partition coefficient (Wildman–Crippen LogP) is 2.92. The Morgan fingerprint density at radius 1 is 0.968 bits per heavy atom. The summed E-state index contributed by atoms with van der Waals surface area (Å²) in [4.78, 5) is 39.0. The van der Waals surface area contributed by atoms with Gasteiger partial charge in [-0.2, -0.15) is 0 Å². The molecule has 0 atom stereocenters. The first-order valence-electron chi connectivity index (χ1n) is 10.3. The number of morpholine rings is 1. The minimum Gasteiger partial charge on any atom is -0.497 e. The minimum absolute atomic E-state index is 0.0374. The first-order chi connectivity index (χ1) is 15.1. The van der Waals surface area contributed by atoms with E-state index in [-0.39, 0.29) is 24.1 Å². The molecule has 8 heteroatoms. The maximum atomic E-state index is 12.7.